The number of carboxylic acids is 1. The Balaban J connectivity index is 0.00000289. The van der Waals surface area contributed by atoms with Crippen molar-refractivity contribution in [2.24, 2.45) is 0 Å². The van der Waals surface area contributed by atoms with Gasteiger partial charge in [-0.25, -0.2) is 0 Å². The Kier molecular flexibility index (Phi) is 5.38. The fourth-order valence-corrected chi connectivity index (χ4v) is 2.15. The summed E-state index contributed by atoms with van der Waals surface area (Å²) < 4.78 is 0. The number of likely N-dealkylation sites (N-methyl/N-ethyl adjacent to an activating group) is 1. The first-order valence-corrected chi connectivity index (χ1v) is 5.71. The van der Waals surface area contributed by atoms with E-state index < -0.39 is 16.9 Å². The van der Waals surface area contributed by atoms with Crippen LogP contribution < -0.4 is 0 Å². The third kappa shape index (κ3) is 2.52. The summed E-state index contributed by atoms with van der Waals surface area (Å²) in [5.74, 6) is -0.809. The maximum Gasteiger partial charge on any atom is 0.324 e. The van der Waals surface area contributed by atoms with Crippen LogP contribution in [-0.2, 0) is 10.2 Å². The molecule has 0 aromatic heterocycles. The molecular formula is C14H22ClNO2. The fraction of sp³-hybridized carbons (Fsp3) is 0.500. The van der Waals surface area contributed by atoms with E-state index >= 15 is 0 Å². The average molecular weight is 272 g/mol. The summed E-state index contributed by atoms with van der Waals surface area (Å²) in [5.41, 5.74) is -0.406. The molecule has 102 valence electrons. The van der Waals surface area contributed by atoms with Crippen LogP contribution in [0.4, 0.5) is 0 Å². The number of hydrogen-bond donors (Lipinski definition) is 1. The Morgan fingerprint density at radius 1 is 1.11 bits per heavy atom. The van der Waals surface area contributed by atoms with Gasteiger partial charge >= 0.3 is 5.97 Å². The van der Waals surface area contributed by atoms with Crippen LogP contribution in [0.3, 0.4) is 0 Å². The van der Waals surface area contributed by atoms with E-state index in [1.165, 1.54) is 0 Å². The summed E-state index contributed by atoms with van der Waals surface area (Å²) in [6.07, 6.45) is 0. The van der Waals surface area contributed by atoms with Gasteiger partial charge in [0.2, 0.25) is 0 Å². The van der Waals surface area contributed by atoms with Gasteiger partial charge in [0.15, 0.2) is 0 Å². The van der Waals surface area contributed by atoms with Gasteiger partial charge in [-0.05, 0) is 26.6 Å². The number of nitrogens with zero attached hydrogens (tertiary/aromatic N) is 1. The van der Waals surface area contributed by atoms with Crippen LogP contribution >= 0.6 is 12.4 Å². The van der Waals surface area contributed by atoms with E-state index in [1.54, 1.807) is 25.9 Å². The van der Waals surface area contributed by atoms with E-state index in [4.69, 9.17) is 0 Å². The monoisotopic (exact) mass is 271 g/mol. The van der Waals surface area contributed by atoms with Crippen molar-refractivity contribution in [2.45, 2.75) is 31.7 Å². The van der Waals surface area contributed by atoms with Crippen molar-refractivity contribution in [3.05, 3.63) is 35.9 Å². The number of rotatable bonds is 4. The molecule has 3 nitrogen and oxygen atoms in total. The Hall–Kier alpha value is -1.06. The Bertz CT molecular complexity index is 404. The highest BCUT2D eigenvalue weighted by atomic mass is 35.5. The molecule has 0 spiro atoms. The quantitative estimate of drug-likeness (QED) is 0.915. The standard InChI is InChI=1S/C14H21NO2.ClH/c1-13(2,11-9-7-6-8-10-11)14(3,12(16)17)15(4)5;/h6-10H,1-5H3,(H,16,17);1H/t14-;/m1./s1. The van der Waals surface area contributed by atoms with E-state index in [0.717, 1.165) is 5.56 Å². The second-order valence-corrected chi connectivity index (χ2v) is 5.26. The lowest BCUT2D eigenvalue weighted by Gasteiger charge is -2.45. The molecule has 0 aliphatic heterocycles. The van der Waals surface area contributed by atoms with Gasteiger partial charge in [-0.2, -0.15) is 0 Å². The van der Waals surface area contributed by atoms with Gasteiger partial charge < -0.3 is 5.11 Å². The smallest absolute Gasteiger partial charge is 0.324 e. The van der Waals surface area contributed by atoms with Gasteiger partial charge in [0.1, 0.15) is 5.54 Å². The van der Waals surface area contributed by atoms with Crippen LogP contribution in [-0.4, -0.2) is 35.6 Å². The Morgan fingerprint density at radius 3 is 1.89 bits per heavy atom. The number of benzene rings is 1. The minimum absolute atomic E-state index is 0. The van der Waals surface area contributed by atoms with E-state index in [-0.39, 0.29) is 12.4 Å². The van der Waals surface area contributed by atoms with Gasteiger partial charge in [-0.3, -0.25) is 9.69 Å². The first-order valence-electron chi connectivity index (χ1n) is 5.71. The van der Waals surface area contributed by atoms with Crippen molar-refractivity contribution in [1.82, 2.24) is 4.90 Å². The van der Waals surface area contributed by atoms with Gasteiger partial charge in [-0.15, -0.1) is 12.4 Å². The van der Waals surface area contributed by atoms with Crippen LogP contribution in [0.2, 0.25) is 0 Å². The molecule has 18 heavy (non-hydrogen) atoms. The number of hydrogen-bond acceptors (Lipinski definition) is 2. The first kappa shape index (κ1) is 16.9. The second kappa shape index (κ2) is 5.72. The van der Waals surface area contributed by atoms with Crippen LogP contribution in [0, 0.1) is 0 Å². The molecule has 1 N–H and O–H groups in total. The number of carboxylic acid groups (broad SMARTS) is 1. The fourth-order valence-electron chi connectivity index (χ4n) is 2.15. The van der Waals surface area contributed by atoms with Gasteiger partial charge in [0, 0.05) is 5.41 Å². The molecule has 0 amide bonds. The normalized spacial score (nSPS) is 14.8. The molecule has 0 heterocycles. The summed E-state index contributed by atoms with van der Waals surface area (Å²) in [4.78, 5) is 13.4. The highest BCUT2D eigenvalue weighted by Crippen LogP contribution is 2.38. The second-order valence-electron chi connectivity index (χ2n) is 5.26. The van der Waals surface area contributed by atoms with Crippen molar-refractivity contribution in [1.29, 1.82) is 0 Å². The molecule has 0 fully saturated rings. The van der Waals surface area contributed by atoms with Crippen molar-refractivity contribution < 1.29 is 9.90 Å². The maximum atomic E-state index is 11.6. The Labute approximate surface area is 115 Å². The lowest BCUT2D eigenvalue weighted by atomic mass is 9.68. The zero-order valence-electron chi connectivity index (χ0n) is 11.6. The van der Waals surface area contributed by atoms with Gasteiger partial charge in [0.25, 0.3) is 0 Å². The average Bonchev–Trinajstić information content (AvgIpc) is 2.28. The molecule has 0 saturated heterocycles. The van der Waals surface area contributed by atoms with E-state index in [2.05, 4.69) is 0 Å². The summed E-state index contributed by atoms with van der Waals surface area (Å²) in [6.45, 7) is 5.70. The molecule has 1 aromatic carbocycles. The van der Waals surface area contributed by atoms with E-state index in [0.29, 0.717) is 0 Å². The minimum atomic E-state index is -0.950. The molecular weight excluding hydrogens is 250 g/mol. The van der Waals surface area contributed by atoms with Crippen molar-refractivity contribution >= 4 is 18.4 Å². The molecule has 0 radical (unpaired) electrons. The lowest BCUT2D eigenvalue weighted by molar-refractivity contribution is -0.153. The minimum Gasteiger partial charge on any atom is -0.480 e. The highest BCUT2D eigenvalue weighted by molar-refractivity contribution is 5.85. The molecule has 0 unspecified atom stereocenters. The first-order chi connectivity index (χ1) is 7.74. The lowest BCUT2D eigenvalue weighted by Crippen LogP contribution is -2.60. The molecule has 0 bridgehead atoms. The number of carbonyl (C=O) groups is 1. The molecule has 0 aliphatic carbocycles. The predicted molar refractivity (Wildman–Crippen MR) is 76.4 cm³/mol. The topological polar surface area (TPSA) is 40.5 Å². The van der Waals surface area contributed by atoms with Gasteiger partial charge in [-0.1, -0.05) is 44.2 Å². The maximum absolute atomic E-state index is 11.6. The summed E-state index contributed by atoms with van der Waals surface area (Å²) in [7, 11) is 3.61. The molecule has 4 heteroatoms. The van der Waals surface area contributed by atoms with Crippen LogP contribution in [0.5, 0.6) is 0 Å². The van der Waals surface area contributed by atoms with Crippen molar-refractivity contribution in [3.8, 4) is 0 Å². The molecule has 0 aliphatic rings. The SMILES string of the molecule is CN(C)[C@](C)(C(=O)O)C(C)(C)c1ccccc1.Cl. The third-order valence-electron chi connectivity index (χ3n) is 4.02. The van der Waals surface area contributed by atoms with Crippen LogP contribution in [0.25, 0.3) is 0 Å². The predicted octanol–water partition coefficient (Wildman–Crippen LogP) is 2.79. The third-order valence-corrected chi connectivity index (χ3v) is 4.02. The molecule has 0 saturated carbocycles. The summed E-state index contributed by atoms with van der Waals surface area (Å²) in [6, 6.07) is 9.77. The van der Waals surface area contributed by atoms with Gasteiger partial charge in [0.05, 0.1) is 0 Å². The molecule has 1 aromatic rings. The summed E-state index contributed by atoms with van der Waals surface area (Å²) in [5, 5.41) is 9.56. The van der Waals surface area contributed by atoms with Crippen molar-refractivity contribution in [2.75, 3.05) is 14.1 Å². The zero-order valence-corrected chi connectivity index (χ0v) is 12.4. The highest BCUT2D eigenvalue weighted by Gasteiger charge is 2.50. The van der Waals surface area contributed by atoms with E-state index in [9.17, 15) is 9.90 Å². The zero-order chi connectivity index (χ0) is 13.3. The number of aliphatic carboxylic acids is 1. The van der Waals surface area contributed by atoms with E-state index in [1.807, 2.05) is 44.2 Å². The van der Waals surface area contributed by atoms with Crippen molar-refractivity contribution in [3.63, 3.8) is 0 Å². The van der Waals surface area contributed by atoms with Crippen LogP contribution in [0.1, 0.15) is 26.3 Å². The largest absolute Gasteiger partial charge is 0.480 e. The molecule has 1 rings (SSSR count). The Morgan fingerprint density at radius 2 is 1.56 bits per heavy atom. The van der Waals surface area contributed by atoms with Crippen LogP contribution in [0.15, 0.2) is 30.3 Å². The number of halogens is 1. The molecule has 1 atom stereocenters. The summed E-state index contributed by atoms with van der Waals surface area (Å²) >= 11 is 0.